The number of carbonyl (C=O) groups excluding carboxylic acids is 2. The van der Waals surface area contributed by atoms with Crippen molar-refractivity contribution in [1.82, 2.24) is 10.4 Å². The van der Waals surface area contributed by atoms with Gasteiger partial charge < -0.3 is 19.2 Å². The van der Waals surface area contributed by atoms with E-state index >= 15 is 0 Å². The maximum absolute atomic E-state index is 13.3. The molecular formula is C31H24ClN3O5. The molecule has 40 heavy (non-hydrogen) atoms. The molecule has 9 heteroatoms. The molecule has 8 nitrogen and oxygen atoms in total. The Hall–Kier alpha value is -5.08. The monoisotopic (exact) mass is 553 g/mol. The zero-order chi connectivity index (χ0) is 28.1. The van der Waals surface area contributed by atoms with Crippen molar-refractivity contribution in [3.63, 3.8) is 0 Å². The molecule has 0 saturated carbocycles. The summed E-state index contributed by atoms with van der Waals surface area (Å²) in [7, 11) is 3.04. The molecule has 1 aromatic heterocycles. The highest BCUT2D eigenvalue weighted by molar-refractivity contribution is 6.34. The normalized spacial score (nSPS) is 11.0. The van der Waals surface area contributed by atoms with E-state index in [0.29, 0.717) is 44.3 Å². The number of para-hydroxylation sites is 1. The Kier molecular flexibility index (Phi) is 7.80. The van der Waals surface area contributed by atoms with Crippen LogP contribution in [0.15, 0.2) is 96.1 Å². The van der Waals surface area contributed by atoms with Crippen molar-refractivity contribution in [2.75, 3.05) is 14.2 Å². The molecule has 0 aliphatic rings. The summed E-state index contributed by atoms with van der Waals surface area (Å²) >= 11 is 6.51. The van der Waals surface area contributed by atoms with Gasteiger partial charge in [0.15, 0.2) is 11.5 Å². The lowest BCUT2D eigenvalue weighted by atomic mass is 10.0. The zero-order valence-electron chi connectivity index (χ0n) is 21.6. The van der Waals surface area contributed by atoms with Gasteiger partial charge in [-0.25, -0.2) is 10.2 Å². The Morgan fingerprint density at radius 2 is 1.60 bits per heavy atom. The molecule has 0 saturated heterocycles. The van der Waals surface area contributed by atoms with Crippen molar-refractivity contribution in [3.8, 4) is 28.4 Å². The summed E-state index contributed by atoms with van der Waals surface area (Å²) in [6, 6.07) is 26.4. The topological polar surface area (TPSA) is 102 Å². The number of nitrogens with zero attached hydrogens (tertiary/aromatic N) is 1. The van der Waals surface area contributed by atoms with Gasteiger partial charge in [-0.05, 0) is 48.0 Å². The Morgan fingerprint density at radius 3 is 2.35 bits per heavy atom. The Morgan fingerprint density at radius 1 is 0.850 bits per heavy atom. The minimum Gasteiger partial charge on any atom is -0.495 e. The van der Waals surface area contributed by atoms with Crippen LogP contribution in [0.3, 0.4) is 0 Å². The van der Waals surface area contributed by atoms with Crippen LogP contribution in [-0.2, 0) is 0 Å². The fourth-order valence-corrected chi connectivity index (χ4v) is 4.51. The average molecular weight is 554 g/mol. The first-order valence-corrected chi connectivity index (χ1v) is 12.6. The lowest BCUT2D eigenvalue weighted by molar-refractivity contribution is 0.0729. The number of hydrogen-bond donors (Lipinski definition) is 2. The molecule has 1 amide bonds. The van der Waals surface area contributed by atoms with Gasteiger partial charge in [-0.15, -0.1) is 0 Å². The summed E-state index contributed by atoms with van der Waals surface area (Å²) in [5.74, 6) is 0.215. The standard InChI is InChI=1S/C31H24ClN3O5/c1-38-25-14-8-12-22-27(21-11-6-7-13-23(21)32)29(34-28(22)25)30(36)35-33-18-19-15-16-24(26(17-19)39-2)40-31(37)20-9-4-3-5-10-20/h3-18,34H,1-2H3,(H,35,36). The number of fused-ring (bicyclic) bond motifs is 1. The first kappa shape index (κ1) is 26.5. The molecule has 0 radical (unpaired) electrons. The number of nitrogens with one attached hydrogen (secondary N) is 2. The second-order valence-corrected chi connectivity index (χ2v) is 9.01. The maximum Gasteiger partial charge on any atom is 0.343 e. The summed E-state index contributed by atoms with van der Waals surface area (Å²) in [6.07, 6.45) is 1.46. The molecule has 0 aliphatic heterocycles. The van der Waals surface area contributed by atoms with Crippen LogP contribution in [0.1, 0.15) is 26.4 Å². The summed E-state index contributed by atoms with van der Waals surface area (Å²) in [6.45, 7) is 0. The van der Waals surface area contributed by atoms with Crippen molar-refractivity contribution >= 4 is 40.6 Å². The quantitative estimate of drug-likeness (QED) is 0.0989. The SMILES string of the molecule is COc1cc(C=NNC(=O)c2[nH]c3c(OC)cccc3c2-c2ccccc2Cl)ccc1OC(=O)c1ccccc1. The number of benzene rings is 4. The number of aromatic amines is 1. The molecule has 1 heterocycles. The molecule has 0 unspecified atom stereocenters. The molecule has 0 atom stereocenters. The third-order valence-electron chi connectivity index (χ3n) is 6.17. The van der Waals surface area contributed by atoms with Gasteiger partial charge in [0.1, 0.15) is 11.4 Å². The van der Waals surface area contributed by atoms with Gasteiger partial charge in [0.2, 0.25) is 0 Å². The highest BCUT2D eigenvalue weighted by Crippen LogP contribution is 2.39. The van der Waals surface area contributed by atoms with Crippen molar-refractivity contribution in [2.45, 2.75) is 0 Å². The number of esters is 1. The molecule has 0 spiro atoms. The summed E-state index contributed by atoms with van der Waals surface area (Å²) in [5.41, 5.74) is 5.89. The molecule has 4 aromatic carbocycles. The van der Waals surface area contributed by atoms with Gasteiger partial charge in [0.05, 0.1) is 31.5 Å². The molecule has 5 rings (SSSR count). The van der Waals surface area contributed by atoms with E-state index in [0.717, 1.165) is 5.39 Å². The highest BCUT2D eigenvalue weighted by Gasteiger charge is 2.22. The molecular weight excluding hydrogens is 530 g/mol. The van der Waals surface area contributed by atoms with Gasteiger partial charge in [-0.1, -0.05) is 60.1 Å². The molecule has 0 fully saturated rings. The number of hydrogen-bond acceptors (Lipinski definition) is 6. The number of hydrazone groups is 1. The minimum absolute atomic E-state index is 0.258. The van der Waals surface area contributed by atoms with Crippen molar-refractivity contribution in [1.29, 1.82) is 0 Å². The number of aromatic nitrogens is 1. The van der Waals surface area contributed by atoms with Crippen LogP contribution in [0.25, 0.3) is 22.0 Å². The van der Waals surface area contributed by atoms with E-state index in [-0.39, 0.29) is 11.4 Å². The highest BCUT2D eigenvalue weighted by atomic mass is 35.5. The molecule has 5 aromatic rings. The van der Waals surface area contributed by atoms with Gasteiger partial charge in [-0.2, -0.15) is 5.10 Å². The number of carbonyl (C=O) groups is 2. The number of ether oxygens (including phenoxy) is 3. The van der Waals surface area contributed by atoms with Crippen LogP contribution >= 0.6 is 11.6 Å². The molecule has 0 bridgehead atoms. The number of H-pyrrole nitrogens is 1. The van der Waals surface area contributed by atoms with E-state index in [1.807, 2.05) is 42.5 Å². The van der Waals surface area contributed by atoms with E-state index in [9.17, 15) is 9.59 Å². The summed E-state index contributed by atoms with van der Waals surface area (Å²) in [5, 5.41) is 5.42. The predicted octanol–water partition coefficient (Wildman–Crippen LogP) is 6.49. The van der Waals surface area contributed by atoms with Gasteiger partial charge in [0, 0.05) is 21.5 Å². The van der Waals surface area contributed by atoms with Crippen LogP contribution in [0.2, 0.25) is 5.02 Å². The van der Waals surface area contributed by atoms with Gasteiger partial charge in [-0.3, -0.25) is 4.79 Å². The minimum atomic E-state index is -0.503. The first-order chi connectivity index (χ1) is 19.5. The predicted molar refractivity (Wildman–Crippen MR) is 155 cm³/mol. The first-order valence-electron chi connectivity index (χ1n) is 12.2. The lowest BCUT2D eigenvalue weighted by Crippen LogP contribution is -2.19. The Bertz CT molecular complexity index is 1730. The molecule has 200 valence electrons. The van der Waals surface area contributed by atoms with Crippen LogP contribution in [-0.4, -0.2) is 37.3 Å². The van der Waals surface area contributed by atoms with Crippen LogP contribution in [0.5, 0.6) is 17.2 Å². The van der Waals surface area contributed by atoms with Gasteiger partial charge >= 0.3 is 5.97 Å². The van der Waals surface area contributed by atoms with Crippen molar-refractivity contribution in [3.05, 3.63) is 113 Å². The third kappa shape index (κ3) is 5.39. The summed E-state index contributed by atoms with van der Waals surface area (Å²) < 4.78 is 16.4. The van der Waals surface area contributed by atoms with E-state index in [2.05, 4.69) is 15.5 Å². The number of amides is 1. The Labute approximate surface area is 235 Å². The zero-order valence-corrected chi connectivity index (χ0v) is 22.4. The van der Waals surface area contributed by atoms with E-state index < -0.39 is 11.9 Å². The largest absolute Gasteiger partial charge is 0.495 e. The third-order valence-corrected chi connectivity index (χ3v) is 6.49. The molecule has 0 aliphatic carbocycles. The molecule has 2 N–H and O–H groups in total. The van der Waals surface area contributed by atoms with E-state index in [4.69, 9.17) is 25.8 Å². The summed E-state index contributed by atoms with van der Waals surface area (Å²) in [4.78, 5) is 28.9. The lowest BCUT2D eigenvalue weighted by Gasteiger charge is -2.10. The van der Waals surface area contributed by atoms with E-state index in [1.54, 1.807) is 55.6 Å². The second kappa shape index (κ2) is 11.8. The van der Waals surface area contributed by atoms with Crippen LogP contribution < -0.4 is 19.6 Å². The fourth-order valence-electron chi connectivity index (χ4n) is 4.28. The smallest absolute Gasteiger partial charge is 0.343 e. The van der Waals surface area contributed by atoms with Gasteiger partial charge in [0.25, 0.3) is 5.91 Å². The Balaban J connectivity index is 1.39. The van der Waals surface area contributed by atoms with E-state index in [1.165, 1.54) is 13.3 Å². The maximum atomic E-state index is 13.3. The van der Waals surface area contributed by atoms with Crippen molar-refractivity contribution < 1.29 is 23.8 Å². The van der Waals surface area contributed by atoms with Crippen molar-refractivity contribution in [2.24, 2.45) is 5.10 Å². The number of halogens is 1. The number of rotatable bonds is 8. The second-order valence-electron chi connectivity index (χ2n) is 8.60. The average Bonchev–Trinajstić information content (AvgIpc) is 3.38. The number of methoxy groups -OCH3 is 2. The van der Waals surface area contributed by atoms with Crippen LogP contribution in [0.4, 0.5) is 0 Å². The fraction of sp³-hybridized carbons (Fsp3) is 0.0645. The van der Waals surface area contributed by atoms with Crippen LogP contribution in [0, 0.1) is 0 Å².